The van der Waals surface area contributed by atoms with Gasteiger partial charge in [-0.15, -0.1) is 0 Å². The van der Waals surface area contributed by atoms with Gasteiger partial charge in [-0.05, 0) is 67.8 Å². The van der Waals surface area contributed by atoms with Crippen LogP contribution in [-0.4, -0.2) is 40.3 Å². The molecular weight excluding hydrogens is 445 g/mol. The lowest BCUT2D eigenvalue weighted by atomic mass is 10.1. The summed E-state index contributed by atoms with van der Waals surface area (Å²) in [4.78, 5) is 12.0. The number of ether oxygens (including phenoxy) is 1. The second kappa shape index (κ2) is 10.7. The van der Waals surface area contributed by atoms with Gasteiger partial charge in [0.2, 0.25) is 15.9 Å². The Labute approximate surface area is 186 Å². The Hall–Kier alpha value is -2.75. The third kappa shape index (κ3) is 7.74. The lowest BCUT2D eigenvalue weighted by Crippen LogP contribution is -2.33. The third-order valence-corrected chi connectivity index (χ3v) is 6.01. The first-order valence-corrected chi connectivity index (χ1v) is 11.8. The monoisotopic (exact) mass is 472 g/mol. The molecule has 32 heavy (non-hydrogen) atoms. The molecule has 0 aliphatic carbocycles. The first kappa shape index (κ1) is 25.5. The number of nitrogens with zero attached hydrogens (tertiary/aromatic N) is 1. The third-order valence-electron chi connectivity index (χ3n) is 4.82. The van der Waals surface area contributed by atoms with E-state index in [-0.39, 0.29) is 37.6 Å². The second-order valence-corrected chi connectivity index (χ2v) is 9.33. The maximum Gasteiger partial charge on any atom is 0.416 e. The van der Waals surface area contributed by atoms with Crippen molar-refractivity contribution >= 4 is 21.6 Å². The number of carbonyl (C=O) groups is 1. The molecule has 0 saturated carbocycles. The molecule has 2 aromatic carbocycles. The van der Waals surface area contributed by atoms with E-state index in [1.165, 1.54) is 0 Å². The zero-order chi connectivity index (χ0) is 23.9. The zero-order valence-corrected chi connectivity index (χ0v) is 19.0. The van der Waals surface area contributed by atoms with Gasteiger partial charge in [0.15, 0.2) is 0 Å². The summed E-state index contributed by atoms with van der Waals surface area (Å²) in [7, 11) is -3.72. The van der Waals surface area contributed by atoms with Crippen molar-refractivity contribution in [2.24, 2.45) is 0 Å². The summed E-state index contributed by atoms with van der Waals surface area (Å²) >= 11 is 0. The summed E-state index contributed by atoms with van der Waals surface area (Å²) in [5, 5.41) is 2.70. The van der Waals surface area contributed by atoms with E-state index < -0.39 is 21.8 Å². The van der Waals surface area contributed by atoms with Crippen molar-refractivity contribution in [3.63, 3.8) is 0 Å². The van der Waals surface area contributed by atoms with Crippen LogP contribution in [0.2, 0.25) is 0 Å². The summed E-state index contributed by atoms with van der Waals surface area (Å²) < 4.78 is 68.9. The van der Waals surface area contributed by atoms with Crippen LogP contribution in [0.1, 0.15) is 29.5 Å². The molecule has 1 N–H and O–H groups in total. The predicted molar refractivity (Wildman–Crippen MR) is 117 cm³/mol. The zero-order valence-electron chi connectivity index (χ0n) is 18.2. The number of carbonyl (C=O) groups excluding carboxylic acids is 1. The number of alkyl halides is 3. The standard InChI is InChI=1S/C22H27F3N2O4S/c1-16-6-11-20(15-17(16)2)31-14-12-26-21(28)5-4-13-27(32(3,29)30)19-9-7-18(8-10-19)22(23,24)25/h6-11,15H,4-5,12-14H2,1-3H3,(H,26,28). The first-order valence-electron chi connectivity index (χ1n) is 9.99. The maximum absolute atomic E-state index is 12.7. The Bertz CT molecular complexity index is 1020. The Morgan fingerprint density at radius 1 is 1.06 bits per heavy atom. The summed E-state index contributed by atoms with van der Waals surface area (Å²) in [6.45, 7) is 4.53. The van der Waals surface area contributed by atoms with Crippen molar-refractivity contribution in [2.45, 2.75) is 32.9 Å². The molecule has 0 fully saturated rings. The van der Waals surface area contributed by atoms with Crippen molar-refractivity contribution in [1.29, 1.82) is 0 Å². The van der Waals surface area contributed by atoms with E-state index >= 15 is 0 Å². The molecule has 0 aliphatic rings. The van der Waals surface area contributed by atoms with Gasteiger partial charge in [0, 0.05) is 13.0 Å². The van der Waals surface area contributed by atoms with Crippen LogP contribution in [0.25, 0.3) is 0 Å². The number of anilines is 1. The number of nitrogens with one attached hydrogen (secondary N) is 1. The molecule has 2 aromatic rings. The topological polar surface area (TPSA) is 75.7 Å². The summed E-state index contributed by atoms with van der Waals surface area (Å²) in [6.07, 6.45) is -3.27. The van der Waals surface area contributed by atoms with Gasteiger partial charge in [0.25, 0.3) is 0 Å². The summed E-state index contributed by atoms with van der Waals surface area (Å²) in [5.74, 6) is 0.442. The van der Waals surface area contributed by atoms with E-state index in [9.17, 15) is 26.4 Å². The SMILES string of the molecule is Cc1ccc(OCCNC(=O)CCCN(c2ccc(C(F)(F)F)cc2)S(C)(=O)=O)cc1C. The molecular formula is C22H27F3N2O4S. The van der Waals surface area contributed by atoms with Crippen LogP contribution in [0, 0.1) is 13.8 Å². The number of hydrogen-bond donors (Lipinski definition) is 1. The highest BCUT2D eigenvalue weighted by Gasteiger charge is 2.30. The molecule has 176 valence electrons. The average molecular weight is 473 g/mol. The van der Waals surface area contributed by atoms with E-state index in [1.807, 2.05) is 32.0 Å². The Kier molecular flexibility index (Phi) is 8.54. The van der Waals surface area contributed by atoms with E-state index in [2.05, 4.69) is 5.32 Å². The number of hydrogen-bond acceptors (Lipinski definition) is 4. The molecule has 0 aliphatic heterocycles. The van der Waals surface area contributed by atoms with E-state index in [1.54, 1.807) is 0 Å². The van der Waals surface area contributed by atoms with Gasteiger partial charge in [-0.2, -0.15) is 13.2 Å². The average Bonchev–Trinajstić information content (AvgIpc) is 2.70. The van der Waals surface area contributed by atoms with Crippen molar-refractivity contribution in [3.05, 3.63) is 59.2 Å². The molecule has 0 aromatic heterocycles. The van der Waals surface area contributed by atoms with Gasteiger partial charge in [0.05, 0.1) is 24.1 Å². The quantitative estimate of drug-likeness (QED) is 0.529. The van der Waals surface area contributed by atoms with E-state index in [0.717, 1.165) is 46.0 Å². The normalized spacial score (nSPS) is 11.8. The predicted octanol–water partition coefficient (Wildman–Crippen LogP) is 4.06. The van der Waals surface area contributed by atoms with Gasteiger partial charge in [-0.3, -0.25) is 9.10 Å². The Morgan fingerprint density at radius 2 is 1.72 bits per heavy atom. The highest BCUT2D eigenvalue weighted by Crippen LogP contribution is 2.31. The molecule has 6 nitrogen and oxygen atoms in total. The number of sulfonamides is 1. The molecule has 0 heterocycles. The number of benzene rings is 2. The van der Waals surface area contributed by atoms with Crippen LogP contribution < -0.4 is 14.4 Å². The molecule has 10 heteroatoms. The van der Waals surface area contributed by atoms with Crippen LogP contribution in [0.5, 0.6) is 5.75 Å². The molecule has 0 unspecified atom stereocenters. The fourth-order valence-corrected chi connectivity index (χ4v) is 3.90. The number of aryl methyl sites for hydroxylation is 2. The number of amides is 1. The van der Waals surface area contributed by atoms with Crippen LogP contribution >= 0.6 is 0 Å². The van der Waals surface area contributed by atoms with Crippen molar-refractivity contribution in [3.8, 4) is 5.75 Å². The van der Waals surface area contributed by atoms with Gasteiger partial charge in [-0.1, -0.05) is 6.07 Å². The van der Waals surface area contributed by atoms with E-state index in [0.29, 0.717) is 12.3 Å². The maximum atomic E-state index is 12.7. The van der Waals surface area contributed by atoms with Gasteiger partial charge in [-0.25, -0.2) is 8.42 Å². The van der Waals surface area contributed by atoms with Crippen molar-refractivity contribution < 1.29 is 31.1 Å². The minimum Gasteiger partial charge on any atom is -0.492 e. The molecule has 0 saturated heterocycles. The molecule has 0 bridgehead atoms. The van der Waals surface area contributed by atoms with Crippen molar-refractivity contribution in [1.82, 2.24) is 5.32 Å². The highest BCUT2D eigenvalue weighted by molar-refractivity contribution is 7.92. The largest absolute Gasteiger partial charge is 0.492 e. The van der Waals surface area contributed by atoms with Crippen LogP contribution in [0.15, 0.2) is 42.5 Å². The minimum absolute atomic E-state index is 0.0310. The van der Waals surface area contributed by atoms with Crippen LogP contribution in [0.3, 0.4) is 0 Å². The highest BCUT2D eigenvalue weighted by atomic mass is 32.2. The van der Waals surface area contributed by atoms with Crippen molar-refractivity contribution in [2.75, 3.05) is 30.3 Å². The lowest BCUT2D eigenvalue weighted by molar-refractivity contribution is -0.137. The molecule has 0 atom stereocenters. The lowest BCUT2D eigenvalue weighted by Gasteiger charge is -2.22. The first-order chi connectivity index (χ1) is 14.9. The van der Waals surface area contributed by atoms with Gasteiger partial charge < -0.3 is 10.1 Å². The van der Waals surface area contributed by atoms with Crippen LogP contribution in [0.4, 0.5) is 18.9 Å². The molecule has 0 spiro atoms. The Morgan fingerprint density at radius 3 is 2.28 bits per heavy atom. The van der Waals surface area contributed by atoms with Gasteiger partial charge >= 0.3 is 6.18 Å². The smallest absolute Gasteiger partial charge is 0.416 e. The van der Waals surface area contributed by atoms with Crippen LogP contribution in [-0.2, 0) is 21.0 Å². The molecule has 0 radical (unpaired) electrons. The van der Waals surface area contributed by atoms with Gasteiger partial charge in [0.1, 0.15) is 12.4 Å². The Balaban J connectivity index is 1.81. The fourth-order valence-electron chi connectivity index (χ4n) is 2.94. The molecule has 2 rings (SSSR count). The summed E-state index contributed by atoms with van der Waals surface area (Å²) in [5.41, 5.74) is 1.51. The molecule has 1 amide bonds. The minimum atomic E-state index is -4.51. The second-order valence-electron chi connectivity index (χ2n) is 7.43. The fraction of sp³-hybridized carbons (Fsp3) is 0.409. The summed E-state index contributed by atoms with van der Waals surface area (Å²) in [6, 6.07) is 9.59. The van der Waals surface area contributed by atoms with E-state index in [4.69, 9.17) is 4.74 Å². The number of halogens is 3. The number of rotatable bonds is 10.